The minimum absolute atomic E-state index is 0.0707. The van der Waals surface area contributed by atoms with E-state index >= 15 is 0 Å². The van der Waals surface area contributed by atoms with Crippen LogP contribution >= 0.6 is 0 Å². The predicted octanol–water partition coefficient (Wildman–Crippen LogP) is 2.65. The van der Waals surface area contributed by atoms with Crippen molar-refractivity contribution in [2.24, 2.45) is 0 Å². The fraction of sp³-hybridized carbons (Fsp3) is 0.429. The summed E-state index contributed by atoms with van der Waals surface area (Å²) in [5.74, 6) is 0.377. The second kappa shape index (κ2) is 8.06. The monoisotopic (exact) mass is 394 g/mol. The van der Waals surface area contributed by atoms with E-state index in [9.17, 15) is 9.59 Å². The fourth-order valence-electron chi connectivity index (χ4n) is 3.87. The lowest BCUT2D eigenvalue weighted by Gasteiger charge is -2.30. The second-order valence-electron chi connectivity index (χ2n) is 7.54. The maximum atomic E-state index is 13.1. The molecule has 1 saturated heterocycles. The zero-order chi connectivity index (χ0) is 20.4. The lowest BCUT2D eigenvalue weighted by molar-refractivity contribution is 0.0783. The zero-order valence-corrected chi connectivity index (χ0v) is 16.9. The van der Waals surface area contributed by atoms with E-state index in [1.807, 2.05) is 36.1 Å². The molecule has 0 spiro atoms. The molecule has 3 heterocycles. The SMILES string of the molecule is CNc1nc2c(c(C(=O)N3CCCC3)n1)CN(C(=O)Nc1cccc(C)c1)CC2. The summed E-state index contributed by atoms with van der Waals surface area (Å²) < 4.78 is 0. The molecule has 0 unspecified atom stereocenters. The highest BCUT2D eigenvalue weighted by Crippen LogP contribution is 2.25. The second-order valence-corrected chi connectivity index (χ2v) is 7.54. The number of benzene rings is 1. The highest BCUT2D eigenvalue weighted by atomic mass is 16.2. The number of fused-ring (bicyclic) bond motifs is 1. The first-order valence-electron chi connectivity index (χ1n) is 10.0. The first kappa shape index (κ1) is 19.2. The van der Waals surface area contributed by atoms with Crippen LogP contribution in [0.15, 0.2) is 24.3 Å². The summed E-state index contributed by atoms with van der Waals surface area (Å²) in [7, 11) is 1.75. The van der Waals surface area contributed by atoms with Gasteiger partial charge in [-0.25, -0.2) is 14.8 Å². The van der Waals surface area contributed by atoms with E-state index in [1.165, 1.54) is 0 Å². The number of carbonyl (C=O) groups is 2. The number of hydrogen-bond acceptors (Lipinski definition) is 5. The zero-order valence-electron chi connectivity index (χ0n) is 16.9. The molecule has 2 aromatic rings. The summed E-state index contributed by atoms with van der Waals surface area (Å²) in [4.78, 5) is 38.5. The largest absolute Gasteiger partial charge is 0.357 e. The van der Waals surface area contributed by atoms with Crippen LogP contribution < -0.4 is 10.6 Å². The summed E-state index contributed by atoms with van der Waals surface area (Å²) in [6.07, 6.45) is 2.62. The van der Waals surface area contributed by atoms with Crippen LogP contribution in [0.3, 0.4) is 0 Å². The Kier molecular flexibility index (Phi) is 5.33. The molecule has 1 fully saturated rings. The van der Waals surface area contributed by atoms with Crippen LogP contribution in [0.5, 0.6) is 0 Å². The Balaban J connectivity index is 1.58. The topological polar surface area (TPSA) is 90.5 Å². The summed E-state index contributed by atoms with van der Waals surface area (Å²) >= 11 is 0. The Hall–Kier alpha value is -3.16. The van der Waals surface area contributed by atoms with E-state index in [1.54, 1.807) is 11.9 Å². The van der Waals surface area contributed by atoms with Crippen molar-refractivity contribution in [3.05, 3.63) is 46.8 Å². The van der Waals surface area contributed by atoms with Gasteiger partial charge in [-0.15, -0.1) is 0 Å². The van der Waals surface area contributed by atoms with Crippen molar-refractivity contribution >= 4 is 23.6 Å². The maximum absolute atomic E-state index is 13.1. The van der Waals surface area contributed by atoms with Crippen molar-refractivity contribution in [1.29, 1.82) is 0 Å². The fourth-order valence-corrected chi connectivity index (χ4v) is 3.87. The third-order valence-corrected chi connectivity index (χ3v) is 5.44. The quantitative estimate of drug-likeness (QED) is 0.835. The number of hydrogen-bond donors (Lipinski definition) is 2. The smallest absolute Gasteiger partial charge is 0.322 e. The van der Waals surface area contributed by atoms with Crippen LogP contribution in [0.25, 0.3) is 0 Å². The molecule has 152 valence electrons. The van der Waals surface area contributed by atoms with E-state index < -0.39 is 0 Å². The van der Waals surface area contributed by atoms with Crippen molar-refractivity contribution in [3.63, 3.8) is 0 Å². The Morgan fingerprint density at radius 3 is 2.59 bits per heavy atom. The minimum atomic E-state index is -0.182. The van der Waals surface area contributed by atoms with Crippen LogP contribution in [0, 0.1) is 6.92 Å². The van der Waals surface area contributed by atoms with Crippen LogP contribution in [0.4, 0.5) is 16.4 Å². The van der Waals surface area contributed by atoms with Crippen LogP contribution in [-0.4, -0.2) is 58.4 Å². The number of urea groups is 1. The molecular weight excluding hydrogens is 368 g/mol. The normalized spacial score (nSPS) is 15.8. The molecule has 2 aliphatic heterocycles. The van der Waals surface area contributed by atoms with Gasteiger partial charge in [0.1, 0.15) is 5.69 Å². The first-order chi connectivity index (χ1) is 14.0. The summed E-state index contributed by atoms with van der Waals surface area (Å²) in [5, 5.41) is 5.90. The highest BCUT2D eigenvalue weighted by molar-refractivity contribution is 5.95. The summed E-state index contributed by atoms with van der Waals surface area (Å²) in [6, 6.07) is 7.52. The molecule has 0 atom stereocenters. The number of likely N-dealkylation sites (tertiary alicyclic amines) is 1. The van der Waals surface area contributed by atoms with E-state index in [-0.39, 0.29) is 11.9 Å². The van der Waals surface area contributed by atoms with E-state index in [2.05, 4.69) is 20.6 Å². The molecule has 2 aliphatic rings. The molecule has 8 heteroatoms. The molecule has 0 saturated carbocycles. The molecule has 1 aromatic heterocycles. The van der Waals surface area contributed by atoms with Crippen molar-refractivity contribution in [3.8, 4) is 0 Å². The number of amides is 3. The van der Waals surface area contributed by atoms with Crippen LogP contribution in [0.1, 0.15) is 40.2 Å². The highest BCUT2D eigenvalue weighted by Gasteiger charge is 2.30. The third kappa shape index (κ3) is 4.01. The van der Waals surface area contributed by atoms with Crippen molar-refractivity contribution in [2.45, 2.75) is 32.7 Å². The maximum Gasteiger partial charge on any atom is 0.322 e. The molecular formula is C21H26N6O2. The van der Waals surface area contributed by atoms with Gasteiger partial charge in [0.15, 0.2) is 0 Å². The van der Waals surface area contributed by atoms with Crippen molar-refractivity contribution < 1.29 is 9.59 Å². The molecule has 4 rings (SSSR count). The number of anilines is 2. The van der Waals surface area contributed by atoms with Gasteiger partial charge < -0.3 is 20.4 Å². The van der Waals surface area contributed by atoms with Gasteiger partial charge in [-0.2, -0.15) is 0 Å². The Morgan fingerprint density at radius 2 is 1.86 bits per heavy atom. The average molecular weight is 394 g/mol. The summed E-state index contributed by atoms with van der Waals surface area (Å²) in [6.45, 7) is 4.36. The van der Waals surface area contributed by atoms with Crippen LogP contribution in [-0.2, 0) is 13.0 Å². The number of carbonyl (C=O) groups excluding carboxylic acids is 2. The van der Waals surface area contributed by atoms with Gasteiger partial charge in [-0.05, 0) is 37.5 Å². The number of nitrogens with one attached hydrogen (secondary N) is 2. The average Bonchev–Trinajstić information content (AvgIpc) is 3.27. The molecule has 0 bridgehead atoms. The van der Waals surface area contributed by atoms with Gasteiger partial charge in [0, 0.05) is 44.4 Å². The van der Waals surface area contributed by atoms with E-state index in [4.69, 9.17) is 0 Å². The van der Waals surface area contributed by atoms with Crippen molar-refractivity contribution in [1.82, 2.24) is 19.8 Å². The Bertz CT molecular complexity index is 939. The van der Waals surface area contributed by atoms with Gasteiger partial charge in [-0.1, -0.05) is 12.1 Å². The molecule has 8 nitrogen and oxygen atoms in total. The minimum Gasteiger partial charge on any atom is -0.357 e. The third-order valence-electron chi connectivity index (χ3n) is 5.44. The Morgan fingerprint density at radius 1 is 1.07 bits per heavy atom. The molecule has 3 amide bonds. The molecule has 29 heavy (non-hydrogen) atoms. The van der Waals surface area contributed by atoms with E-state index in [0.717, 1.165) is 48.4 Å². The van der Waals surface area contributed by atoms with Gasteiger partial charge in [0.25, 0.3) is 5.91 Å². The lowest BCUT2D eigenvalue weighted by Crippen LogP contribution is -2.41. The predicted molar refractivity (Wildman–Crippen MR) is 111 cm³/mol. The molecule has 0 radical (unpaired) electrons. The number of aromatic nitrogens is 2. The van der Waals surface area contributed by atoms with Gasteiger partial charge in [0.05, 0.1) is 12.2 Å². The lowest BCUT2D eigenvalue weighted by atomic mass is 10.0. The molecule has 2 N–H and O–H groups in total. The summed E-state index contributed by atoms with van der Waals surface area (Å²) in [5.41, 5.74) is 3.85. The van der Waals surface area contributed by atoms with Crippen LogP contribution in [0.2, 0.25) is 0 Å². The number of nitrogens with zero attached hydrogens (tertiary/aromatic N) is 4. The van der Waals surface area contributed by atoms with Gasteiger partial charge in [0.2, 0.25) is 5.95 Å². The number of rotatable bonds is 3. The molecule has 1 aromatic carbocycles. The Labute approximate surface area is 170 Å². The van der Waals surface area contributed by atoms with E-state index in [0.29, 0.717) is 31.2 Å². The van der Waals surface area contributed by atoms with Gasteiger partial charge in [-0.3, -0.25) is 4.79 Å². The van der Waals surface area contributed by atoms with Crippen molar-refractivity contribution in [2.75, 3.05) is 37.3 Å². The standard InChI is InChI=1S/C21H26N6O2/c1-14-6-5-7-15(12-14)23-21(29)27-11-8-17-16(13-27)18(25-20(22-2)24-17)19(28)26-9-3-4-10-26/h5-7,12H,3-4,8-11,13H2,1-2H3,(H,23,29)(H,22,24,25). The van der Waals surface area contributed by atoms with Gasteiger partial charge >= 0.3 is 6.03 Å². The molecule has 0 aliphatic carbocycles. The number of aryl methyl sites for hydroxylation is 1. The first-order valence-corrected chi connectivity index (χ1v) is 10.0.